The molecule has 0 saturated heterocycles. The van der Waals surface area contributed by atoms with E-state index in [1.165, 1.54) is 31.0 Å². The molecular weight excluding hydrogens is 572 g/mol. The van der Waals surface area contributed by atoms with Crippen LogP contribution in [0.5, 0.6) is 0 Å². The van der Waals surface area contributed by atoms with Crippen LogP contribution < -0.4 is 10.6 Å². The van der Waals surface area contributed by atoms with Crippen LogP contribution in [0.25, 0.3) is 10.8 Å². The number of unbranched alkanes of at least 4 members (excludes halogenated alkanes) is 10. The zero-order chi connectivity index (χ0) is 32.7. The Labute approximate surface area is 263 Å². The first-order valence-electron chi connectivity index (χ1n) is 16.1. The van der Waals surface area contributed by atoms with Crippen LogP contribution in [0.3, 0.4) is 0 Å². The maximum Gasteiger partial charge on any atom is 0.336 e. The minimum Gasteiger partial charge on any atom is -0.478 e. The van der Waals surface area contributed by atoms with E-state index in [4.69, 9.17) is 0 Å². The number of rotatable bonds is 18. The number of benzene rings is 2. The molecule has 0 fully saturated rings. The van der Waals surface area contributed by atoms with Crippen molar-refractivity contribution in [1.29, 1.82) is 0 Å². The summed E-state index contributed by atoms with van der Waals surface area (Å²) in [4.78, 5) is 52.3. The molecule has 0 unspecified atom stereocenters. The number of nitrogens with one attached hydrogen (secondary N) is 2. The molecule has 9 heteroatoms. The van der Waals surface area contributed by atoms with Gasteiger partial charge in [0.05, 0.1) is 16.7 Å². The van der Waals surface area contributed by atoms with Gasteiger partial charge in [0.25, 0.3) is 11.8 Å². The third-order valence-electron chi connectivity index (χ3n) is 7.42. The lowest BCUT2D eigenvalue weighted by Gasteiger charge is -2.18. The average Bonchev–Trinajstić information content (AvgIpc) is 2.97. The molecule has 0 aromatic heterocycles. The predicted molar refractivity (Wildman–Crippen MR) is 180 cm³/mol. The topological polar surface area (TPSA) is 133 Å². The second-order valence-electron chi connectivity index (χ2n) is 12.4. The summed E-state index contributed by atoms with van der Waals surface area (Å²) in [6.07, 6.45) is 12.4. The van der Waals surface area contributed by atoms with Crippen molar-refractivity contribution in [3.63, 3.8) is 0 Å². The fraction of sp³-hybridized carbons (Fsp3) is 0.543. The molecule has 2 aromatic carbocycles. The molecule has 0 radical (unpaired) electrons. The van der Waals surface area contributed by atoms with Crippen molar-refractivity contribution in [3.05, 3.63) is 46.0 Å². The molecule has 2 rings (SSSR count). The van der Waals surface area contributed by atoms with Crippen LogP contribution in [-0.4, -0.2) is 55.1 Å². The van der Waals surface area contributed by atoms with E-state index < -0.39 is 31.8 Å². The maximum absolute atomic E-state index is 13.8. The van der Waals surface area contributed by atoms with E-state index in [2.05, 4.69) is 35.9 Å². The van der Waals surface area contributed by atoms with Gasteiger partial charge >= 0.3 is 11.9 Å². The number of hydrogen-bond acceptors (Lipinski definition) is 4. The number of hydrogen-bond donors (Lipinski definition) is 4. The minimum absolute atomic E-state index is 0.00108. The summed E-state index contributed by atoms with van der Waals surface area (Å²) >= 11 is 0. The molecule has 0 spiro atoms. The maximum atomic E-state index is 13.8. The van der Waals surface area contributed by atoms with E-state index in [0.29, 0.717) is 13.1 Å². The molecule has 44 heavy (non-hydrogen) atoms. The van der Waals surface area contributed by atoms with Gasteiger partial charge in [0, 0.05) is 35.0 Å². The van der Waals surface area contributed by atoms with Crippen molar-refractivity contribution < 1.29 is 29.4 Å². The number of carbonyl (C=O) groups is 4. The third kappa shape index (κ3) is 11.1. The number of amides is 2. The van der Waals surface area contributed by atoms with Crippen molar-refractivity contribution in [3.8, 4) is 11.5 Å². The van der Waals surface area contributed by atoms with Crippen LogP contribution in [0.1, 0.15) is 138 Å². The standard InChI is InChI=1S/C35H50N2O6Si/c1-6-8-10-12-14-16-21-36-32(38)28-24-25(20-23-44(3,4)5)29(33(39)37-22-17-15-13-11-9-7-2)31-27(35(42)43)19-18-26(30(28)31)34(40)41/h18-19,24H,6-17,21-22H2,1-5H3,(H,36,38)(H,37,39)(H,40,41)(H,42,43). The zero-order valence-corrected chi connectivity index (χ0v) is 28.2. The lowest BCUT2D eigenvalue weighted by molar-refractivity contribution is 0.0684. The van der Waals surface area contributed by atoms with Crippen molar-refractivity contribution in [1.82, 2.24) is 10.6 Å². The van der Waals surface area contributed by atoms with E-state index in [9.17, 15) is 29.4 Å². The van der Waals surface area contributed by atoms with Gasteiger partial charge in [-0.2, -0.15) is 0 Å². The van der Waals surface area contributed by atoms with E-state index in [-0.39, 0.29) is 38.6 Å². The number of carbonyl (C=O) groups excluding carboxylic acids is 2. The Bertz CT molecular complexity index is 1380. The van der Waals surface area contributed by atoms with Gasteiger partial charge in [0.1, 0.15) is 8.07 Å². The smallest absolute Gasteiger partial charge is 0.336 e. The highest BCUT2D eigenvalue weighted by atomic mass is 28.3. The van der Waals surface area contributed by atoms with Gasteiger partial charge in [0.2, 0.25) is 0 Å². The molecular formula is C35H50N2O6Si. The van der Waals surface area contributed by atoms with Crippen molar-refractivity contribution in [2.24, 2.45) is 0 Å². The zero-order valence-electron chi connectivity index (χ0n) is 27.2. The van der Waals surface area contributed by atoms with Crippen LogP contribution in [0.15, 0.2) is 18.2 Å². The Balaban J connectivity index is 2.66. The van der Waals surface area contributed by atoms with Gasteiger partial charge < -0.3 is 20.8 Å². The summed E-state index contributed by atoms with van der Waals surface area (Å²) in [6, 6.07) is 3.83. The summed E-state index contributed by atoms with van der Waals surface area (Å²) in [5.41, 5.74) is 2.94. The molecule has 0 atom stereocenters. The summed E-state index contributed by atoms with van der Waals surface area (Å²) < 4.78 is 0. The Morgan fingerprint density at radius 3 is 1.59 bits per heavy atom. The third-order valence-corrected chi connectivity index (χ3v) is 8.29. The molecule has 4 N–H and O–H groups in total. The van der Waals surface area contributed by atoms with Gasteiger partial charge in [0.15, 0.2) is 0 Å². The first-order valence-corrected chi connectivity index (χ1v) is 19.6. The van der Waals surface area contributed by atoms with Gasteiger partial charge in [-0.15, -0.1) is 5.54 Å². The second-order valence-corrected chi connectivity index (χ2v) is 17.2. The lowest BCUT2D eigenvalue weighted by atomic mass is 9.88. The van der Waals surface area contributed by atoms with E-state index in [1.807, 2.05) is 19.6 Å². The molecule has 0 aliphatic carbocycles. The van der Waals surface area contributed by atoms with E-state index >= 15 is 0 Å². The minimum atomic E-state index is -1.97. The quantitative estimate of drug-likeness (QED) is 0.0767. The normalized spacial score (nSPS) is 11.1. The first-order chi connectivity index (χ1) is 20.9. The summed E-state index contributed by atoms with van der Waals surface area (Å²) in [6.45, 7) is 11.2. The van der Waals surface area contributed by atoms with Crippen molar-refractivity contribution in [2.75, 3.05) is 13.1 Å². The molecule has 2 amide bonds. The molecule has 0 heterocycles. The van der Waals surface area contributed by atoms with Gasteiger partial charge in [-0.05, 0) is 31.0 Å². The molecule has 8 nitrogen and oxygen atoms in total. The molecule has 240 valence electrons. The van der Waals surface area contributed by atoms with Crippen LogP contribution >= 0.6 is 0 Å². The van der Waals surface area contributed by atoms with Crippen LogP contribution in [-0.2, 0) is 0 Å². The molecule has 0 bridgehead atoms. The van der Waals surface area contributed by atoms with E-state index in [0.717, 1.165) is 64.2 Å². The first kappa shape index (κ1) is 36.5. The molecule has 0 aliphatic rings. The number of carboxylic acid groups (broad SMARTS) is 2. The lowest BCUT2D eigenvalue weighted by Crippen LogP contribution is -2.28. The fourth-order valence-electron chi connectivity index (χ4n) is 5.09. The molecule has 0 aliphatic heterocycles. The summed E-state index contributed by atoms with van der Waals surface area (Å²) in [5.74, 6) is -0.622. The number of aromatic carboxylic acids is 2. The molecule has 0 saturated carbocycles. The van der Waals surface area contributed by atoms with E-state index in [1.54, 1.807) is 0 Å². The van der Waals surface area contributed by atoms with Crippen molar-refractivity contribution in [2.45, 2.75) is 111 Å². The summed E-state index contributed by atoms with van der Waals surface area (Å²) in [7, 11) is -1.97. The van der Waals surface area contributed by atoms with Crippen LogP contribution in [0.2, 0.25) is 19.6 Å². The van der Waals surface area contributed by atoms with Gasteiger partial charge in [-0.1, -0.05) is 104 Å². The van der Waals surface area contributed by atoms with Gasteiger partial charge in [-0.3, -0.25) is 9.59 Å². The Kier molecular flexibility index (Phi) is 15.1. The monoisotopic (exact) mass is 622 g/mol. The Hall–Kier alpha value is -3.64. The SMILES string of the molecule is CCCCCCCCNC(=O)c1cc(C#C[Si](C)(C)C)c(C(=O)NCCCCCCCC)c2c(C(=O)O)ccc(C(=O)O)c12. The largest absolute Gasteiger partial charge is 0.478 e. The number of carboxylic acids is 2. The predicted octanol–water partition coefficient (Wildman–Crippen LogP) is 7.65. The second kappa shape index (κ2) is 18.2. The highest BCUT2D eigenvalue weighted by Gasteiger charge is 2.28. The van der Waals surface area contributed by atoms with Gasteiger partial charge in [-0.25, -0.2) is 9.59 Å². The highest BCUT2D eigenvalue weighted by molar-refractivity contribution is 6.83. The van der Waals surface area contributed by atoms with Crippen LogP contribution in [0.4, 0.5) is 0 Å². The fourth-order valence-corrected chi connectivity index (χ4v) is 5.60. The van der Waals surface area contributed by atoms with Crippen molar-refractivity contribution >= 4 is 42.6 Å². The molecule has 2 aromatic rings. The van der Waals surface area contributed by atoms with Crippen LogP contribution in [0, 0.1) is 11.5 Å². The Morgan fingerprint density at radius 1 is 0.659 bits per heavy atom. The summed E-state index contributed by atoms with van der Waals surface area (Å²) in [5, 5.41) is 25.9. The average molecular weight is 623 g/mol. The number of fused-ring (bicyclic) bond motifs is 1. The highest BCUT2D eigenvalue weighted by Crippen LogP contribution is 2.33. The Morgan fingerprint density at radius 2 is 1.11 bits per heavy atom.